The van der Waals surface area contributed by atoms with Crippen LogP contribution in [0.4, 0.5) is 24.5 Å². The normalized spacial score (nSPS) is 17.4. The Morgan fingerprint density at radius 1 is 0.895 bits per heavy atom. The second-order valence-electron chi connectivity index (χ2n) is 11.6. The van der Waals surface area contributed by atoms with Crippen LogP contribution >= 0.6 is 11.6 Å². The molecule has 2 aromatic rings. The topological polar surface area (TPSA) is 38.8 Å². The van der Waals surface area contributed by atoms with Gasteiger partial charge in [0.1, 0.15) is 0 Å². The molecule has 0 atom stereocenters. The van der Waals surface area contributed by atoms with E-state index in [0.29, 0.717) is 42.5 Å². The number of nitrogens with zero attached hydrogens (tertiary/aromatic N) is 3. The lowest BCUT2D eigenvalue weighted by Crippen LogP contribution is -2.47. The van der Waals surface area contributed by atoms with E-state index in [0.717, 1.165) is 38.2 Å². The highest BCUT2D eigenvalue weighted by molar-refractivity contribution is 6.31. The maximum absolute atomic E-state index is 13.3. The second kappa shape index (κ2) is 11.8. The molecule has 0 bridgehead atoms. The van der Waals surface area contributed by atoms with E-state index >= 15 is 0 Å². The van der Waals surface area contributed by atoms with Gasteiger partial charge in [-0.1, -0.05) is 38.4 Å². The van der Waals surface area contributed by atoms with Crippen LogP contribution in [0.5, 0.6) is 0 Å². The van der Waals surface area contributed by atoms with Gasteiger partial charge in [0.15, 0.2) is 0 Å². The number of hydrogen-bond donors (Lipinski definition) is 1. The predicted molar refractivity (Wildman–Crippen MR) is 148 cm³/mol. The SMILES string of the molecule is CC(C)(C)CCN1CCc2ccc(C(=O)Nc3ccc(Cl)cc3N3CCN(CCC(F)(F)F)CC3)cc2C1. The average molecular weight is 551 g/mol. The van der Waals surface area contributed by atoms with Gasteiger partial charge in [-0.3, -0.25) is 14.6 Å². The highest BCUT2D eigenvalue weighted by atomic mass is 35.5. The van der Waals surface area contributed by atoms with Crippen molar-refractivity contribution >= 4 is 28.9 Å². The maximum Gasteiger partial charge on any atom is 0.390 e. The van der Waals surface area contributed by atoms with Crippen molar-refractivity contribution in [3.63, 3.8) is 0 Å². The molecule has 2 heterocycles. The molecular weight excluding hydrogens is 513 g/mol. The van der Waals surface area contributed by atoms with Crippen LogP contribution in [0.1, 0.15) is 55.1 Å². The van der Waals surface area contributed by atoms with Crippen molar-refractivity contribution in [2.45, 2.75) is 52.8 Å². The van der Waals surface area contributed by atoms with Crippen molar-refractivity contribution in [2.24, 2.45) is 5.41 Å². The molecule has 2 aliphatic rings. The molecule has 0 unspecified atom stereocenters. The van der Waals surface area contributed by atoms with Gasteiger partial charge in [-0.2, -0.15) is 13.2 Å². The Morgan fingerprint density at radius 3 is 2.29 bits per heavy atom. The molecule has 0 aromatic heterocycles. The summed E-state index contributed by atoms with van der Waals surface area (Å²) in [7, 11) is 0. The number of carbonyl (C=O) groups excluding carboxylic acids is 1. The summed E-state index contributed by atoms with van der Waals surface area (Å²) in [6, 6.07) is 11.3. The van der Waals surface area contributed by atoms with Crippen LogP contribution in [0.2, 0.25) is 5.02 Å². The highest BCUT2D eigenvalue weighted by Crippen LogP contribution is 2.32. The number of benzene rings is 2. The number of anilines is 2. The molecular formula is C29H38ClF3N4O. The smallest absolute Gasteiger partial charge is 0.367 e. The zero-order valence-corrected chi connectivity index (χ0v) is 23.3. The van der Waals surface area contributed by atoms with E-state index in [1.165, 1.54) is 11.1 Å². The highest BCUT2D eigenvalue weighted by Gasteiger charge is 2.29. The molecule has 1 amide bonds. The molecule has 9 heteroatoms. The van der Waals surface area contributed by atoms with E-state index < -0.39 is 12.6 Å². The fraction of sp³-hybridized carbons (Fsp3) is 0.552. The Labute approximate surface area is 228 Å². The van der Waals surface area contributed by atoms with Gasteiger partial charge in [-0.05, 0) is 66.3 Å². The van der Waals surface area contributed by atoms with Gasteiger partial charge in [-0.25, -0.2) is 0 Å². The minimum Gasteiger partial charge on any atom is -0.367 e. The third kappa shape index (κ3) is 8.10. The lowest BCUT2D eigenvalue weighted by Gasteiger charge is -2.37. The zero-order chi connectivity index (χ0) is 27.5. The van der Waals surface area contributed by atoms with Gasteiger partial charge in [0.05, 0.1) is 17.8 Å². The standard InChI is InChI=1S/C29H38ClF3N4O/c1-28(2,3)9-12-36-11-8-21-4-5-22(18-23(21)20-36)27(38)34-25-7-6-24(30)19-26(25)37-16-14-35(15-17-37)13-10-29(31,32)33/h4-7,18-19H,8-17,20H2,1-3H3,(H,34,38). The largest absolute Gasteiger partial charge is 0.390 e. The summed E-state index contributed by atoms with van der Waals surface area (Å²) >= 11 is 6.29. The molecule has 0 aliphatic carbocycles. The fourth-order valence-corrected chi connectivity index (χ4v) is 5.17. The molecule has 2 aliphatic heterocycles. The van der Waals surface area contributed by atoms with Crippen molar-refractivity contribution in [3.8, 4) is 0 Å². The predicted octanol–water partition coefficient (Wildman–Crippen LogP) is 6.46. The van der Waals surface area contributed by atoms with E-state index in [4.69, 9.17) is 11.6 Å². The molecule has 4 rings (SSSR count). The van der Waals surface area contributed by atoms with Crippen LogP contribution in [-0.4, -0.2) is 67.7 Å². The van der Waals surface area contributed by atoms with Crippen LogP contribution in [0, 0.1) is 5.41 Å². The Morgan fingerprint density at radius 2 is 1.61 bits per heavy atom. The van der Waals surface area contributed by atoms with Crippen LogP contribution in [0.3, 0.4) is 0 Å². The first kappa shape index (κ1) is 28.7. The number of piperazine rings is 1. The molecule has 2 aromatic carbocycles. The van der Waals surface area contributed by atoms with E-state index in [-0.39, 0.29) is 17.9 Å². The quantitative estimate of drug-likeness (QED) is 0.429. The number of hydrogen-bond acceptors (Lipinski definition) is 4. The number of carbonyl (C=O) groups is 1. The molecule has 1 saturated heterocycles. The number of fused-ring (bicyclic) bond motifs is 1. The Balaban J connectivity index is 1.41. The van der Waals surface area contributed by atoms with Gasteiger partial charge in [0.25, 0.3) is 5.91 Å². The lowest BCUT2D eigenvalue weighted by atomic mass is 9.91. The first-order chi connectivity index (χ1) is 17.9. The average Bonchev–Trinajstić information content (AvgIpc) is 2.86. The van der Waals surface area contributed by atoms with E-state index in [1.807, 2.05) is 23.1 Å². The van der Waals surface area contributed by atoms with Crippen LogP contribution in [0.25, 0.3) is 0 Å². The minimum atomic E-state index is -4.15. The molecule has 0 spiro atoms. The van der Waals surface area contributed by atoms with Gasteiger partial charge in [-0.15, -0.1) is 0 Å². The van der Waals surface area contributed by atoms with Crippen molar-refractivity contribution in [1.29, 1.82) is 0 Å². The molecule has 1 N–H and O–H groups in total. The molecule has 208 valence electrons. The van der Waals surface area contributed by atoms with Gasteiger partial charge in [0.2, 0.25) is 0 Å². The molecule has 0 radical (unpaired) electrons. The van der Waals surface area contributed by atoms with Crippen LogP contribution < -0.4 is 10.2 Å². The molecule has 5 nitrogen and oxygen atoms in total. The number of alkyl halides is 3. The summed E-state index contributed by atoms with van der Waals surface area (Å²) in [5.74, 6) is -0.188. The Kier molecular flexibility index (Phi) is 8.95. The maximum atomic E-state index is 13.3. The van der Waals surface area contributed by atoms with E-state index in [1.54, 1.807) is 12.1 Å². The minimum absolute atomic E-state index is 0.00242. The van der Waals surface area contributed by atoms with E-state index in [2.05, 4.69) is 42.0 Å². The molecule has 1 fully saturated rings. The number of halogens is 4. The Hall–Kier alpha value is -2.29. The summed E-state index contributed by atoms with van der Waals surface area (Å²) < 4.78 is 37.8. The number of amides is 1. The monoisotopic (exact) mass is 550 g/mol. The second-order valence-corrected chi connectivity index (χ2v) is 12.1. The summed E-state index contributed by atoms with van der Waals surface area (Å²) in [4.78, 5) is 19.7. The fourth-order valence-electron chi connectivity index (χ4n) is 5.01. The summed E-state index contributed by atoms with van der Waals surface area (Å²) in [6.07, 6.45) is -2.85. The first-order valence-corrected chi connectivity index (χ1v) is 13.7. The Bertz CT molecular complexity index is 1120. The van der Waals surface area contributed by atoms with Gasteiger partial charge in [0, 0.05) is 56.4 Å². The molecule has 0 saturated carbocycles. The molecule has 38 heavy (non-hydrogen) atoms. The number of rotatable bonds is 7. The van der Waals surface area contributed by atoms with Crippen molar-refractivity contribution < 1.29 is 18.0 Å². The zero-order valence-electron chi connectivity index (χ0n) is 22.5. The van der Waals surface area contributed by atoms with Crippen LogP contribution in [-0.2, 0) is 13.0 Å². The summed E-state index contributed by atoms with van der Waals surface area (Å²) in [5, 5.41) is 3.60. The van der Waals surface area contributed by atoms with E-state index in [9.17, 15) is 18.0 Å². The summed E-state index contributed by atoms with van der Waals surface area (Å²) in [6.45, 7) is 11.8. The van der Waals surface area contributed by atoms with Crippen molar-refractivity contribution in [3.05, 3.63) is 58.1 Å². The summed E-state index contributed by atoms with van der Waals surface area (Å²) in [5.41, 5.74) is 4.82. The third-order valence-electron chi connectivity index (χ3n) is 7.37. The van der Waals surface area contributed by atoms with Crippen LogP contribution in [0.15, 0.2) is 36.4 Å². The van der Waals surface area contributed by atoms with Crippen molar-refractivity contribution in [1.82, 2.24) is 9.80 Å². The van der Waals surface area contributed by atoms with Crippen molar-refractivity contribution in [2.75, 3.05) is 56.0 Å². The van der Waals surface area contributed by atoms with Gasteiger partial charge >= 0.3 is 6.18 Å². The van der Waals surface area contributed by atoms with Gasteiger partial charge < -0.3 is 10.2 Å². The first-order valence-electron chi connectivity index (χ1n) is 13.4. The number of nitrogens with one attached hydrogen (secondary N) is 1. The third-order valence-corrected chi connectivity index (χ3v) is 7.61. The lowest BCUT2D eigenvalue weighted by molar-refractivity contribution is -0.138.